The molecule has 1 aromatic carbocycles. The number of hydrogen-bond donors (Lipinski definition) is 2. The molecular weight excluding hydrogens is 260 g/mol. The van der Waals surface area contributed by atoms with Crippen LogP contribution in [0.1, 0.15) is 35.7 Å². The van der Waals surface area contributed by atoms with Crippen LogP contribution in [0.2, 0.25) is 0 Å². The van der Waals surface area contributed by atoms with Crippen molar-refractivity contribution >= 4 is 5.95 Å². The number of anilines is 1. The van der Waals surface area contributed by atoms with Crippen molar-refractivity contribution in [2.75, 3.05) is 18.8 Å². The summed E-state index contributed by atoms with van der Waals surface area (Å²) in [6.45, 7) is 2.13. The van der Waals surface area contributed by atoms with Crippen LogP contribution in [0.25, 0.3) is 0 Å². The van der Waals surface area contributed by atoms with E-state index in [1.165, 1.54) is 5.56 Å². The molecule has 2 aromatic rings. The van der Waals surface area contributed by atoms with E-state index in [9.17, 15) is 0 Å². The lowest BCUT2D eigenvalue weighted by Crippen LogP contribution is -2.27. The fraction of sp³-hybridized carbons (Fsp3) is 0.412. The Balaban J connectivity index is 1.71. The van der Waals surface area contributed by atoms with Crippen molar-refractivity contribution < 1.29 is 0 Å². The van der Waals surface area contributed by atoms with Gasteiger partial charge in [-0.05, 0) is 50.4 Å². The maximum atomic E-state index is 5.90. The molecule has 0 radical (unpaired) electrons. The van der Waals surface area contributed by atoms with Gasteiger partial charge in [-0.15, -0.1) is 0 Å². The van der Waals surface area contributed by atoms with E-state index in [-0.39, 0.29) is 0 Å². The van der Waals surface area contributed by atoms with Gasteiger partial charge in [0, 0.05) is 17.3 Å². The molecule has 0 atom stereocenters. The van der Waals surface area contributed by atoms with Crippen molar-refractivity contribution in [3.05, 3.63) is 53.3 Å². The Morgan fingerprint density at radius 1 is 1.05 bits per heavy atom. The molecule has 3 rings (SSSR count). The van der Waals surface area contributed by atoms with Crippen LogP contribution in [0.4, 0.5) is 5.95 Å². The Hall–Kier alpha value is -1.94. The van der Waals surface area contributed by atoms with Crippen molar-refractivity contribution in [3.8, 4) is 0 Å². The summed E-state index contributed by atoms with van der Waals surface area (Å²) < 4.78 is 0. The molecule has 1 fully saturated rings. The summed E-state index contributed by atoms with van der Waals surface area (Å²) in [5, 5.41) is 3.39. The quantitative estimate of drug-likeness (QED) is 0.903. The number of rotatable bonds is 4. The van der Waals surface area contributed by atoms with Gasteiger partial charge in [-0.25, -0.2) is 9.97 Å². The third-order valence-electron chi connectivity index (χ3n) is 4.09. The second-order valence-corrected chi connectivity index (χ2v) is 5.65. The largest absolute Gasteiger partial charge is 0.368 e. The SMILES string of the molecule is Nc1nc(CCc2ccccc2)cc(C2CCNCC2)n1. The van der Waals surface area contributed by atoms with Gasteiger partial charge in [-0.1, -0.05) is 30.3 Å². The monoisotopic (exact) mass is 282 g/mol. The van der Waals surface area contributed by atoms with E-state index >= 15 is 0 Å². The molecule has 0 bridgehead atoms. The highest BCUT2D eigenvalue weighted by molar-refractivity contribution is 5.26. The van der Waals surface area contributed by atoms with Gasteiger partial charge in [0.2, 0.25) is 5.95 Å². The predicted octanol–water partition coefficient (Wildman–Crippen LogP) is 2.31. The normalized spacial score (nSPS) is 16.0. The molecule has 0 aliphatic carbocycles. The second-order valence-electron chi connectivity index (χ2n) is 5.65. The van der Waals surface area contributed by atoms with Crippen molar-refractivity contribution in [1.82, 2.24) is 15.3 Å². The molecule has 4 heteroatoms. The van der Waals surface area contributed by atoms with E-state index in [0.717, 1.165) is 50.2 Å². The van der Waals surface area contributed by atoms with E-state index in [0.29, 0.717) is 11.9 Å². The fourth-order valence-electron chi connectivity index (χ4n) is 2.91. The Morgan fingerprint density at radius 3 is 2.57 bits per heavy atom. The molecule has 2 heterocycles. The molecule has 4 nitrogen and oxygen atoms in total. The molecule has 21 heavy (non-hydrogen) atoms. The highest BCUT2D eigenvalue weighted by Crippen LogP contribution is 2.24. The average Bonchev–Trinajstić information content (AvgIpc) is 2.54. The second kappa shape index (κ2) is 6.68. The number of piperidine rings is 1. The molecule has 3 N–H and O–H groups in total. The van der Waals surface area contributed by atoms with Gasteiger partial charge in [0.1, 0.15) is 0 Å². The Kier molecular flexibility index (Phi) is 4.46. The van der Waals surface area contributed by atoms with Crippen LogP contribution in [0.5, 0.6) is 0 Å². The lowest BCUT2D eigenvalue weighted by atomic mass is 9.93. The van der Waals surface area contributed by atoms with Gasteiger partial charge >= 0.3 is 0 Å². The maximum absolute atomic E-state index is 5.90. The lowest BCUT2D eigenvalue weighted by Gasteiger charge is -2.22. The zero-order valence-electron chi connectivity index (χ0n) is 12.3. The van der Waals surface area contributed by atoms with Crippen LogP contribution in [-0.2, 0) is 12.8 Å². The smallest absolute Gasteiger partial charge is 0.220 e. The van der Waals surface area contributed by atoms with Gasteiger partial charge in [0.15, 0.2) is 0 Å². The first kappa shape index (κ1) is 14.0. The molecule has 110 valence electrons. The van der Waals surface area contributed by atoms with Crippen LogP contribution in [-0.4, -0.2) is 23.1 Å². The number of nitrogens with zero attached hydrogens (tertiary/aromatic N) is 2. The summed E-state index contributed by atoms with van der Waals surface area (Å²) in [4.78, 5) is 8.85. The standard InChI is InChI=1S/C17H22N4/c18-17-20-15(7-6-13-4-2-1-3-5-13)12-16(21-17)14-8-10-19-11-9-14/h1-5,12,14,19H,6-11H2,(H2,18,20,21). The Morgan fingerprint density at radius 2 is 1.81 bits per heavy atom. The minimum Gasteiger partial charge on any atom is -0.368 e. The molecule has 0 amide bonds. The van der Waals surface area contributed by atoms with E-state index in [1.54, 1.807) is 0 Å². The molecular formula is C17H22N4. The number of benzene rings is 1. The highest BCUT2D eigenvalue weighted by Gasteiger charge is 2.17. The summed E-state index contributed by atoms with van der Waals surface area (Å²) in [6, 6.07) is 12.6. The van der Waals surface area contributed by atoms with Crippen molar-refractivity contribution in [1.29, 1.82) is 0 Å². The maximum Gasteiger partial charge on any atom is 0.220 e. The van der Waals surface area contributed by atoms with Gasteiger partial charge in [0.25, 0.3) is 0 Å². The summed E-state index contributed by atoms with van der Waals surface area (Å²) in [5.74, 6) is 0.932. The van der Waals surface area contributed by atoms with Gasteiger partial charge in [-0.2, -0.15) is 0 Å². The topological polar surface area (TPSA) is 63.8 Å². The van der Waals surface area contributed by atoms with Crippen molar-refractivity contribution in [2.24, 2.45) is 0 Å². The third-order valence-corrected chi connectivity index (χ3v) is 4.09. The minimum absolute atomic E-state index is 0.411. The van der Waals surface area contributed by atoms with Crippen LogP contribution >= 0.6 is 0 Å². The summed E-state index contributed by atoms with van der Waals surface area (Å²) >= 11 is 0. The Bertz CT molecular complexity index is 577. The lowest BCUT2D eigenvalue weighted by molar-refractivity contribution is 0.452. The zero-order chi connectivity index (χ0) is 14.5. The first-order chi connectivity index (χ1) is 10.3. The highest BCUT2D eigenvalue weighted by atomic mass is 15.0. The number of aryl methyl sites for hydroxylation is 2. The third kappa shape index (κ3) is 3.79. The van der Waals surface area contributed by atoms with Crippen molar-refractivity contribution in [2.45, 2.75) is 31.6 Å². The van der Waals surface area contributed by atoms with E-state index in [2.05, 4.69) is 45.6 Å². The summed E-state index contributed by atoms with van der Waals surface area (Å²) in [7, 11) is 0. The molecule has 1 saturated heterocycles. The number of hydrogen-bond acceptors (Lipinski definition) is 4. The number of nitrogen functional groups attached to an aromatic ring is 1. The van der Waals surface area contributed by atoms with Crippen LogP contribution < -0.4 is 11.1 Å². The molecule has 1 aromatic heterocycles. The number of nitrogens with one attached hydrogen (secondary N) is 1. The van der Waals surface area contributed by atoms with Crippen LogP contribution in [0.15, 0.2) is 36.4 Å². The molecule has 1 aliphatic rings. The number of aromatic nitrogens is 2. The summed E-state index contributed by atoms with van der Waals surface area (Å²) in [5.41, 5.74) is 9.40. The summed E-state index contributed by atoms with van der Waals surface area (Å²) in [6.07, 6.45) is 4.17. The van der Waals surface area contributed by atoms with Crippen LogP contribution in [0, 0.1) is 0 Å². The van der Waals surface area contributed by atoms with Gasteiger partial charge < -0.3 is 11.1 Å². The Labute approximate surface area is 125 Å². The average molecular weight is 282 g/mol. The van der Waals surface area contributed by atoms with Crippen LogP contribution in [0.3, 0.4) is 0 Å². The van der Waals surface area contributed by atoms with Gasteiger partial charge in [-0.3, -0.25) is 0 Å². The first-order valence-electron chi connectivity index (χ1n) is 7.69. The van der Waals surface area contributed by atoms with E-state index < -0.39 is 0 Å². The predicted molar refractivity (Wildman–Crippen MR) is 85.1 cm³/mol. The first-order valence-corrected chi connectivity index (χ1v) is 7.69. The van der Waals surface area contributed by atoms with Crippen molar-refractivity contribution in [3.63, 3.8) is 0 Å². The molecule has 0 spiro atoms. The van der Waals surface area contributed by atoms with E-state index in [1.807, 2.05) is 6.07 Å². The number of nitrogens with two attached hydrogens (primary N) is 1. The zero-order valence-corrected chi connectivity index (χ0v) is 12.3. The molecule has 0 saturated carbocycles. The molecule has 1 aliphatic heterocycles. The van der Waals surface area contributed by atoms with Gasteiger partial charge in [0.05, 0.1) is 0 Å². The van der Waals surface area contributed by atoms with E-state index in [4.69, 9.17) is 5.73 Å². The molecule has 0 unspecified atom stereocenters. The fourth-order valence-corrected chi connectivity index (χ4v) is 2.91. The minimum atomic E-state index is 0.411.